The second-order valence-electron chi connectivity index (χ2n) is 6.12. The highest BCUT2D eigenvalue weighted by Gasteiger charge is 2.35. The highest BCUT2D eigenvalue weighted by Crippen LogP contribution is 2.34. The number of hydrogen-bond donors (Lipinski definition) is 4. The Morgan fingerprint density at radius 2 is 1.89 bits per heavy atom. The van der Waals surface area contributed by atoms with Crippen LogP contribution in [0.4, 0.5) is 24.5 Å². The lowest BCUT2D eigenvalue weighted by Crippen LogP contribution is -2.38. The summed E-state index contributed by atoms with van der Waals surface area (Å²) in [5.74, 6) is -1.01. The van der Waals surface area contributed by atoms with Crippen LogP contribution in [0.2, 0.25) is 0 Å². The largest absolute Gasteiger partial charge is 0.416 e. The van der Waals surface area contributed by atoms with E-state index in [1.807, 2.05) is 30.3 Å². The summed E-state index contributed by atoms with van der Waals surface area (Å²) < 4.78 is 38.3. The summed E-state index contributed by atoms with van der Waals surface area (Å²) in [4.78, 5) is 22.7. The van der Waals surface area contributed by atoms with Crippen LogP contribution in [-0.2, 0) is 11.0 Å². The maximum Gasteiger partial charge on any atom is 0.416 e. The zero-order chi connectivity index (χ0) is 20.3. The Kier molecular flexibility index (Phi) is 5.47. The summed E-state index contributed by atoms with van der Waals surface area (Å²) in [7, 11) is 0. The maximum absolute atomic E-state index is 12.8. The van der Waals surface area contributed by atoms with Crippen molar-refractivity contribution in [3.8, 4) is 0 Å². The fourth-order valence-corrected chi connectivity index (χ4v) is 2.90. The van der Waals surface area contributed by atoms with Crippen LogP contribution < -0.4 is 21.7 Å². The van der Waals surface area contributed by atoms with E-state index in [0.29, 0.717) is 18.7 Å². The fourth-order valence-electron chi connectivity index (χ4n) is 2.90. The molecule has 2 aromatic rings. The second-order valence-corrected chi connectivity index (χ2v) is 6.12. The molecule has 3 rings (SSSR count). The molecule has 8 nitrogen and oxygen atoms in total. The van der Waals surface area contributed by atoms with Gasteiger partial charge in [0.05, 0.1) is 22.4 Å². The number of carbonyl (C=O) groups is 1. The van der Waals surface area contributed by atoms with Gasteiger partial charge in [0.15, 0.2) is 0 Å². The Labute approximate surface area is 157 Å². The predicted octanol–water partition coefficient (Wildman–Crippen LogP) is 2.52. The Hall–Kier alpha value is -3.18. The predicted molar refractivity (Wildman–Crippen MR) is 93.7 cm³/mol. The molecule has 2 unspecified atom stereocenters. The van der Waals surface area contributed by atoms with Gasteiger partial charge in [0, 0.05) is 12.6 Å². The van der Waals surface area contributed by atoms with Crippen molar-refractivity contribution in [1.82, 2.24) is 16.3 Å². The van der Waals surface area contributed by atoms with Crippen molar-refractivity contribution in [3.05, 3.63) is 69.8 Å². The quantitative estimate of drug-likeness (QED) is 0.458. The average molecular weight is 395 g/mol. The molecule has 28 heavy (non-hydrogen) atoms. The van der Waals surface area contributed by atoms with E-state index in [1.165, 1.54) is 0 Å². The minimum absolute atomic E-state index is 0.249. The molecule has 2 atom stereocenters. The number of nitrogens with zero attached hydrogens (tertiary/aromatic N) is 1. The van der Waals surface area contributed by atoms with E-state index in [9.17, 15) is 28.1 Å². The number of hydrogen-bond acceptors (Lipinski definition) is 6. The molecule has 1 aliphatic rings. The van der Waals surface area contributed by atoms with Gasteiger partial charge in [-0.3, -0.25) is 31.2 Å². The van der Waals surface area contributed by atoms with Gasteiger partial charge >= 0.3 is 6.18 Å². The van der Waals surface area contributed by atoms with Crippen molar-refractivity contribution in [3.63, 3.8) is 0 Å². The molecule has 0 spiro atoms. The minimum atomic E-state index is -4.71. The molecule has 1 fully saturated rings. The molecule has 4 N–H and O–H groups in total. The molecule has 0 aliphatic carbocycles. The summed E-state index contributed by atoms with van der Waals surface area (Å²) in [6.45, 7) is 0.308. The Morgan fingerprint density at radius 3 is 2.54 bits per heavy atom. The van der Waals surface area contributed by atoms with Crippen LogP contribution in [0, 0.1) is 16.0 Å². The van der Waals surface area contributed by atoms with E-state index in [4.69, 9.17) is 0 Å². The van der Waals surface area contributed by atoms with Gasteiger partial charge in [-0.2, -0.15) is 13.2 Å². The molecule has 1 saturated heterocycles. The molecular formula is C17H16F3N5O3. The van der Waals surface area contributed by atoms with Crippen molar-refractivity contribution in [1.29, 1.82) is 0 Å². The number of amides is 1. The Morgan fingerprint density at radius 1 is 1.18 bits per heavy atom. The molecule has 0 saturated carbocycles. The normalized spacial score (nSPS) is 19.2. The lowest BCUT2D eigenvalue weighted by atomic mass is 9.94. The van der Waals surface area contributed by atoms with E-state index in [0.717, 1.165) is 11.6 Å². The summed E-state index contributed by atoms with van der Waals surface area (Å²) in [6, 6.07) is 10.9. The highest BCUT2D eigenvalue weighted by molar-refractivity contribution is 5.82. The highest BCUT2D eigenvalue weighted by atomic mass is 19.4. The third kappa shape index (κ3) is 4.21. The van der Waals surface area contributed by atoms with Crippen LogP contribution in [0.5, 0.6) is 0 Å². The third-order valence-electron chi connectivity index (χ3n) is 4.32. The van der Waals surface area contributed by atoms with Crippen LogP contribution in [0.1, 0.15) is 17.2 Å². The minimum Gasteiger partial charge on any atom is -0.292 e. The van der Waals surface area contributed by atoms with Crippen molar-refractivity contribution in [2.75, 3.05) is 12.0 Å². The van der Waals surface area contributed by atoms with Gasteiger partial charge in [-0.1, -0.05) is 30.3 Å². The number of benzene rings is 2. The second kappa shape index (κ2) is 7.82. The van der Waals surface area contributed by atoms with Crippen LogP contribution in [-0.4, -0.2) is 17.4 Å². The molecule has 2 aromatic carbocycles. The number of nitro groups is 1. The first-order valence-corrected chi connectivity index (χ1v) is 8.22. The number of anilines is 1. The number of alkyl halides is 3. The lowest BCUT2D eigenvalue weighted by Gasteiger charge is -2.19. The monoisotopic (exact) mass is 395 g/mol. The van der Waals surface area contributed by atoms with Crippen LogP contribution in [0.3, 0.4) is 0 Å². The number of nitrogens with one attached hydrogen (secondary N) is 4. The Bertz CT molecular complexity index is 876. The molecule has 1 aliphatic heterocycles. The summed E-state index contributed by atoms with van der Waals surface area (Å²) in [5.41, 5.74) is 9.24. The first-order valence-electron chi connectivity index (χ1n) is 8.22. The number of hydrazine groups is 2. The fraction of sp³-hybridized carbons (Fsp3) is 0.235. The maximum atomic E-state index is 12.8. The van der Waals surface area contributed by atoms with Gasteiger partial charge in [0.25, 0.3) is 5.69 Å². The molecule has 0 radical (unpaired) electrons. The van der Waals surface area contributed by atoms with Gasteiger partial charge in [-0.25, -0.2) is 5.43 Å². The van der Waals surface area contributed by atoms with E-state index in [2.05, 4.69) is 21.7 Å². The molecule has 1 amide bonds. The lowest BCUT2D eigenvalue weighted by molar-refractivity contribution is -0.384. The van der Waals surface area contributed by atoms with E-state index in [1.54, 1.807) is 0 Å². The zero-order valence-electron chi connectivity index (χ0n) is 14.3. The first kappa shape index (κ1) is 19.6. The number of halogens is 3. The molecule has 148 valence electrons. The van der Waals surface area contributed by atoms with Crippen LogP contribution >= 0.6 is 0 Å². The van der Waals surface area contributed by atoms with Crippen molar-refractivity contribution in [2.45, 2.75) is 12.2 Å². The van der Waals surface area contributed by atoms with Crippen molar-refractivity contribution >= 4 is 17.3 Å². The SMILES string of the molecule is O=C(NNc1ccc(C(F)(F)F)cc1[N+](=O)[O-])C1CNNC1c1ccccc1. The van der Waals surface area contributed by atoms with E-state index < -0.39 is 34.2 Å². The molecule has 0 bridgehead atoms. The van der Waals surface area contributed by atoms with Crippen LogP contribution in [0.15, 0.2) is 48.5 Å². The topological polar surface area (TPSA) is 108 Å². The van der Waals surface area contributed by atoms with Gasteiger partial charge < -0.3 is 0 Å². The van der Waals surface area contributed by atoms with Crippen molar-refractivity contribution < 1.29 is 22.9 Å². The zero-order valence-corrected chi connectivity index (χ0v) is 14.3. The van der Waals surface area contributed by atoms with Crippen LogP contribution in [0.25, 0.3) is 0 Å². The first-order chi connectivity index (χ1) is 13.3. The third-order valence-corrected chi connectivity index (χ3v) is 4.32. The van der Waals surface area contributed by atoms with E-state index in [-0.39, 0.29) is 11.7 Å². The molecule has 11 heteroatoms. The number of carbonyl (C=O) groups excluding carboxylic acids is 1. The van der Waals surface area contributed by atoms with Gasteiger partial charge in [0.2, 0.25) is 5.91 Å². The summed E-state index contributed by atoms with van der Waals surface area (Å²) in [6.07, 6.45) is -4.71. The average Bonchev–Trinajstić information content (AvgIpc) is 3.15. The molecule has 1 heterocycles. The standard InChI is InChI=1S/C17H16F3N5O3/c18-17(19,20)11-6-7-13(14(8-11)25(27)28)22-24-16(26)12-9-21-23-15(12)10-4-2-1-3-5-10/h1-8,12,15,21-23H,9H2,(H,24,26). The molecule has 0 aromatic heterocycles. The Balaban J connectivity index is 1.73. The smallest absolute Gasteiger partial charge is 0.292 e. The van der Waals surface area contributed by atoms with Gasteiger partial charge in [0.1, 0.15) is 5.69 Å². The van der Waals surface area contributed by atoms with Gasteiger partial charge in [-0.05, 0) is 17.7 Å². The number of rotatable bonds is 5. The van der Waals surface area contributed by atoms with Gasteiger partial charge in [-0.15, -0.1) is 0 Å². The molecular weight excluding hydrogens is 379 g/mol. The number of nitro benzene ring substituents is 1. The van der Waals surface area contributed by atoms with Crippen molar-refractivity contribution in [2.24, 2.45) is 5.92 Å². The summed E-state index contributed by atoms with van der Waals surface area (Å²) in [5, 5.41) is 11.1. The summed E-state index contributed by atoms with van der Waals surface area (Å²) >= 11 is 0. The van der Waals surface area contributed by atoms with E-state index >= 15 is 0 Å².